The molecule has 0 fully saturated rings. The Morgan fingerprint density at radius 1 is 1.31 bits per heavy atom. The third-order valence-electron chi connectivity index (χ3n) is 1.78. The van der Waals surface area contributed by atoms with Gasteiger partial charge in [0.2, 0.25) is 0 Å². The van der Waals surface area contributed by atoms with Crippen LogP contribution in [0, 0.1) is 6.92 Å². The lowest BCUT2D eigenvalue weighted by Crippen LogP contribution is -2.01. The fraction of sp³-hybridized carbons (Fsp3) is 0.111. The van der Waals surface area contributed by atoms with Gasteiger partial charge in [-0.25, -0.2) is 9.59 Å². The summed E-state index contributed by atoms with van der Waals surface area (Å²) in [5, 5.41) is 0. The zero-order valence-corrected chi connectivity index (χ0v) is 6.87. The molecule has 4 heteroatoms. The first-order valence-corrected chi connectivity index (χ1v) is 3.71. The van der Waals surface area contributed by atoms with Gasteiger partial charge in [0, 0.05) is 6.08 Å². The second-order valence-electron chi connectivity index (χ2n) is 2.70. The number of carbonyl (C=O) groups is 2. The summed E-state index contributed by atoms with van der Waals surface area (Å²) in [6, 6.07) is 1.71. The minimum atomic E-state index is -0.650. The van der Waals surface area contributed by atoms with Gasteiger partial charge in [0.05, 0.1) is 6.26 Å². The molecule has 1 aromatic heterocycles. The number of esters is 2. The molecule has 0 spiro atoms. The van der Waals surface area contributed by atoms with E-state index in [1.807, 2.05) is 0 Å². The molecule has 0 bridgehead atoms. The van der Waals surface area contributed by atoms with Crippen molar-refractivity contribution in [2.45, 2.75) is 6.92 Å². The standard InChI is InChI=1S/C9H6O4/c1-5-2-3-12-8(5)6-4-7(10)13-9(6)11/h2-4H,1H3. The summed E-state index contributed by atoms with van der Waals surface area (Å²) in [7, 11) is 0. The van der Waals surface area contributed by atoms with E-state index in [2.05, 4.69) is 4.74 Å². The molecule has 0 saturated carbocycles. The highest BCUT2D eigenvalue weighted by Gasteiger charge is 2.27. The van der Waals surface area contributed by atoms with Crippen LogP contribution in [0.5, 0.6) is 0 Å². The van der Waals surface area contributed by atoms with Crippen molar-refractivity contribution >= 4 is 17.5 Å². The molecule has 0 N–H and O–H groups in total. The van der Waals surface area contributed by atoms with Crippen LogP contribution < -0.4 is 0 Å². The first-order chi connectivity index (χ1) is 6.18. The third kappa shape index (κ3) is 1.16. The largest absolute Gasteiger partial charge is 0.464 e. The van der Waals surface area contributed by atoms with Crippen LogP contribution in [0.4, 0.5) is 0 Å². The highest BCUT2D eigenvalue weighted by molar-refractivity contribution is 6.27. The highest BCUT2D eigenvalue weighted by atomic mass is 16.6. The highest BCUT2D eigenvalue weighted by Crippen LogP contribution is 2.24. The van der Waals surface area contributed by atoms with E-state index in [0.717, 1.165) is 11.6 Å². The monoisotopic (exact) mass is 178 g/mol. The molecule has 1 aliphatic rings. The number of hydrogen-bond acceptors (Lipinski definition) is 4. The molecule has 0 atom stereocenters. The summed E-state index contributed by atoms with van der Waals surface area (Å²) in [5.74, 6) is -0.894. The molecule has 0 unspecified atom stereocenters. The van der Waals surface area contributed by atoms with Crippen LogP contribution in [0.3, 0.4) is 0 Å². The van der Waals surface area contributed by atoms with Gasteiger partial charge in [-0.1, -0.05) is 0 Å². The Morgan fingerprint density at radius 2 is 2.08 bits per heavy atom. The smallest absolute Gasteiger partial charge is 0.350 e. The maximum atomic E-state index is 11.1. The molecule has 1 aromatic rings. The number of carbonyl (C=O) groups excluding carboxylic acids is 2. The summed E-state index contributed by atoms with van der Waals surface area (Å²) in [5.41, 5.74) is 0.991. The van der Waals surface area contributed by atoms with E-state index in [4.69, 9.17) is 4.42 Å². The Bertz CT molecular complexity index is 411. The normalized spacial score (nSPS) is 15.9. The molecule has 2 heterocycles. The van der Waals surface area contributed by atoms with Crippen molar-refractivity contribution in [2.24, 2.45) is 0 Å². The Balaban J connectivity index is 2.48. The van der Waals surface area contributed by atoms with Crippen molar-refractivity contribution < 1.29 is 18.7 Å². The molecule has 13 heavy (non-hydrogen) atoms. The summed E-state index contributed by atoms with van der Waals surface area (Å²) in [4.78, 5) is 21.8. The number of ether oxygens (including phenoxy) is 1. The zero-order valence-electron chi connectivity index (χ0n) is 6.87. The predicted octanol–water partition coefficient (Wildman–Crippen LogP) is 1.05. The number of rotatable bonds is 1. The minimum Gasteiger partial charge on any atom is -0.464 e. The Labute approximate surface area is 73.8 Å². The van der Waals surface area contributed by atoms with Crippen molar-refractivity contribution in [2.75, 3.05) is 0 Å². The van der Waals surface area contributed by atoms with E-state index in [0.29, 0.717) is 5.76 Å². The van der Waals surface area contributed by atoms with Gasteiger partial charge in [-0.15, -0.1) is 0 Å². The number of aryl methyl sites for hydroxylation is 1. The van der Waals surface area contributed by atoms with E-state index in [9.17, 15) is 9.59 Å². The molecular weight excluding hydrogens is 172 g/mol. The van der Waals surface area contributed by atoms with Crippen LogP contribution >= 0.6 is 0 Å². The zero-order chi connectivity index (χ0) is 9.42. The van der Waals surface area contributed by atoms with Crippen LogP contribution in [0.15, 0.2) is 22.8 Å². The van der Waals surface area contributed by atoms with Crippen molar-refractivity contribution in [3.63, 3.8) is 0 Å². The lowest BCUT2D eigenvalue weighted by atomic mass is 10.1. The Kier molecular flexibility index (Phi) is 1.55. The number of cyclic esters (lactones) is 2. The fourth-order valence-electron chi connectivity index (χ4n) is 1.16. The van der Waals surface area contributed by atoms with Gasteiger partial charge in [-0.3, -0.25) is 0 Å². The average Bonchev–Trinajstić information content (AvgIpc) is 2.58. The molecule has 0 aromatic carbocycles. The second kappa shape index (κ2) is 2.58. The summed E-state index contributed by atoms with van der Waals surface area (Å²) in [6.45, 7) is 1.79. The first kappa shape index (κ1) is 7.79. The van der Waals surface area contributed by atoms with Crippen LogP contribution in [-0.2, 0) is 14.3 Å². The molecule has 0 saturated heterocycles. The maximum absolute atomic E-state index is 11.1. The fourth-order valence-corrected chi connectivity index (χ4v) is 1.16. The number of hydrogen-bond donors (Lipinski definition) is 0. The topological polar surface area (TPSA) is 56.5 Å². The number of furan rings is 1. The lowest BCUT2D eigenvalue weighted by Gasteiger charge is -1.94. The van der Waals surface area contributed by atoms with Crippen molar-refractivity contribution in [1.29, 1.82) is 0 Å². The van der Waals surface area contributed by atoms with Crippen LogP contribution in [0.1, 0.15) is 11.3 Å². The predicted molar refractivity (Wildman–Crippen MR) is 42.5 cm³/mol. The van der Waals surface area contributed by atoms with Crippen molar-refractivity contribution in [3.05, 3.63) is 29.7 Å². The molecule has 66 valence electrons. The summed E-state index contributed by atoms with van der Waals surface area (Å²) < 4.78 is 9.37. The van der Waals surface area contributed by atoms with E-state index in [1.165, 1.54) is 6.26 Å². The summed E-state index contributed by atoms with van der Waals surface area (Å²) in [6.07, 6.45) is 2.59. The molecule has 4 nitrogen and oxygen atoms in total. The van der Waals surface area contributed by atoms with Gasteiger partial charge in [-0.05, 0) is 18.6 Å². The van der Waals surface area contributed by atoms with Gasteiger partial charge in [0.25, 0.3) is 0 Å². The molecule has 2 rings (SSSR count). The van der Waals surface area contributed by atoms with E-state index in [-0.39, 0.29) is 5.57 Å². The maximum Gasteiger partial charge on any atom is 0.350 e. The second-order valence-corrected chi connectivity index (χ2v) is 2.70. The van der Waals surface area contributed by atoms with Crippen molar-refractivity contribution in [1.82, 2.24) is 0 Å². The minimum absolute atomic E-state index is 0.188. The molecule has 0 amide bonds. The molecule has 0 aliphatic carbocycles. The Morgan fingerprint density at radius 3 is 2.54 bits per heavy atom. The first-order valence-electron chi connectivity index (χ1n) is 3.71. The lowest BCUT2D eigenvalue weighted by molar-refractivity contribution is -0.149. The summed E-state index contributed by atoms with van der Waals surface area (Å²) >= 11 is 0. The molecular formula is C9H6O4. The van der Waals surface area contributed by atoms with E-state index in [1.54, 1.807) is 13.0 Å². The third-order valence-corrected chi connectivity index (χ3v) is 1.78. The van der Waals surface area contributed by atoms with Gasteiger partial charge < -0.3 is 9.15 Å². The molecule has 1 aliphatic heterocycles. The van der Waals surface area contributed by atoms with Crippen LogP contribution in [0.25, 0.3) is 5.57 Å². The van der Waals surface area contributed by atoms with Crippen LogP contribution in [-0.4, -0.2) is 11.9 Å². The quantitative estimate of drug-likeness (QED) is 0.476. The van der Waals surface area contributed by atoms with E-state index >= 15 is 0 Å². The van der Waals surface area contributed by atoms with Gasteiger partial charge >= 0.3 is 11.9 Å². The SMILES string of the molecule is Cc1ccoc1C1=CC(=O)OC1=O. The average molecular weight is 178 g/mol. The van der Waals surface area contributed by atoms with Gasteiger partial charge in [0.15, 0.2) is 0 Å². The van der Waals surface area contributed by atoms with Crippen molar-refractivity contribution in [3.8, 4) is 0 Å². The van der Waals surface area contributed by atoms with E-state index < -0.39 is 11.9 Å². The Hall–Kier alpha value is -1.84. The van der Waals surface area contributed by atoms with Gasteiger partial charge in [0.1, 0.15) is 11.3 Å². The molecule has 0 radical (unpaired) electrons. The van der Waals surface area contributed by atoms with Crippen LogP contribution in [0.2, 0.25) is 0 Å². The van der Waals surface area contributed by atoms with Gasteiger partial charge in [-0.2, -0.15) is 0 Å².